The average Bonchev–Trinajstić information content (AvgIpc) is 2.45. The van der Waals surface area contributed by atoms with Crippen molar-refractivity contribution >= 4 is 11.9 Å². The molecule has 3 nitrogen and oxygen atoms in total. The van der Waals surface area contributed by atoms with Gasteiger partial charge in [0.2, 0.25) is 0 Å². The molecule has 0 saturated heterocycles. The number of carbonyl (C=O) groups is 1. The Morgan fingerprint density at radius 1 is 1.14 bits per heavy atom. The van der Waals surface area contributed by atoms with Crippen LogP contribution in [0.2, 0.25) is 0 Å². The minimum absolute atomic E-state index is 0.00698. The third-order valence-electron chi connectivity index (χ3n) is 2.68. The first-order valence-corrected chi connectivity index (χ1v) is 6.11. The minimum Gasteiger partial charge on any atom is -0.508 e. The number of aromatic hydroxyl groups is 1. The van der Waals surface area contributed by atoms with Crippen LogP contribution in [0.25, 0.3) is 6.08 Å². The van der Waals surface area contributed by atoms with Gasteiger partial charge in [0.05, 0.1) is 0 Å². The van der Waals surface area contributed by atoms with Crippen molar-refractivity contribution in [2.45, 2.75) is 6.61 Å². The highest BCUT2D eigenvalue weighted by atomic mass is 19.3. The van der Waals surface area contributed by atoms with Gasteiger partial charge >= 0.3 is 6.61 Å². The van der Waals surface area contributed by atoms with Gasteiger partial charge in [0.25, 0.3) is 0 Å². The van der Waals surface area contributed by atoms with Crippen LogP contribution < -0.4 is 4.74 Å². The molecule has 0 aliphatic rings. The summed E-state index contributed by atoms with van der Waals surface area (Å²) < 4.78 is 28.9. The molecular weight excluding hydrogens is 278 g/mol. The number of phenols is 1. The Labute approximate surface area is 120 Å². The van der Waals surface area contributed by atoms with Gasteiger partial charge in [-0.05, 0) is 30.4 Å². The van der Waals surface area contributed by atoms with Crippen molar-refractivity contribution < 1.29 is 23.4 Å². The minimum atomic E-state index is -2.93. The molecule has 0 fully saturated rings. The fraction of sp³-hybridized carbons (Fsp3) is 0.0625. The van der Waals surface area contributed by atoms with E-state index < -0.39 is 6.61 Å². The van der Waals surface area contributed by atoms with E-state index in [0.717, 1.165) is 0 Å². The molecule has 0 aliphatic heterocycles. The lowest BCUT2D eigenvalue weighted by Crippen LogP contribution is -2.03. The normalized spacial score (nSPS) is 11.0. The quantitative estimate of drug-likeness (QED) is 0.671. The van der Waals surface area contributed by atoms with Crippen molar-refractivity contribution in [1.82, 2.24) is 0 Å². The summed E-state index contributed by atoms with van der Waals surface area (Å²) in [6.45, 7) is -2.93. The van der Waals surface area contributed by atoms with Gasteiger partial charge in [0, 0.05) is 11.1 Å². The van der Waals surface area contributed by atoms with Gasteiger partial charge in [-0.25, -0.2) is 0 Å². The first-order chi connectivity index (χ1) is 10.1. The number of phenolic OH excluding ortho intramolecular Hbond substituents is 1. The highest BCUT2D eigenvalue weighted by Crippen LogP contribution is 2.22. The zero-order chi connectivity index (χ0) is 15.2. The molecule has 2 aromatic carbocycles. The monoisotopic (exact) mass is 290 g/mol. The van der Waals surface area contributed by atoms with Crippen LogP contribution in [0.3, 0.4) is 0 Å². The van der Waals surface area contributed by atoms with Gasteiger partial charge in [-0.3, -0.25) is 4.79 Å². The van der Waals surface area contributed by atoms with Crippen LogP contribution in [0.4, 0.5) is 8.78 Å². The Balaban J connectivity index is 2.19. The van der Waals surface area contributed by atoms with Crippen LogP contribution >= 0.6 is 0 Å². The largest absolute Gasteiger partial charge is 0.508 e. The molecular formula is C16H12F2O3. The maximum atomic E-state index is 12.3. The second-order valence-electron chi connectivity index (χ2n) is 4.16. The molecule has 0 atom stereocenters. The number of hydrogen-bond donors (Lipinski definition) is 1. The Hall–Kier alpha value is -2.69. The molecule has 0 unspecified atom stereocenters. The van der Waals surface area contributed by atoms with Crippen molar-refractivity contribution in [3.63, 3.8) is 0 Å². The molecule has 0 heterocycles. The molecule has 1 N–H and O–H groups in total. The second-order valence-corrected chi connectivity index (χ2v) is 4.16. The van der Waals surface area contributed by atoms with Gasteiger partial charge in [0.1, 0.15) is 11.5 Å². The summed E-state index contributed by atoms with van der Waals surface area (Å²) in [6.07, 6.45) is 2.63. The summed E-state index contributed by atoms with van der Waals surface area (Å²) >= 11 is 0. The van der Waals surface area contributed by atoms with E-state index in [1.54, 1.807) is 30.3 Å². The topological polar surface area (TPSA) is 46.5 Å². The molecule has 2 aromatic rings. The Morgan fingerprint density at radius 2 is 1.90 bits per heavy atom. The van der Waals surface area contributed by atoms with Crippen molar-refractivity contribution in [3.05, 3.63) is 65.7 Å². The summed E-state index contributed by atoms with van der Waals surface area (Å²) in [6, 6.07) is 12.0. The SMILES string of the molecule is O=C(C=Cc1ccccc1OC(F)F)c1cccc(O)c1. The van der Waals surface area contributed by atoms with E-state index in [9.17, 15) is 18.7 Å². The summed E-state index contributed by atoms with van der Waals surface area (Å²) in [5.74, 6) is -0.374. The van der Waals surface area contributed by atoms with Gasteiger partial charge in [-0.15, -0.1) is 0 Å². The zero-order valence-electron chi connectivity index (χ0n) is 10.9. The fourth-order valence-corrected chi connectivity index (χ4v) is 1.74. The van der Waals surface area contributed by atoms with E-state index in [0.29, 0.717) is 11.1 Å². The number of hydrogen-bond acceptors (Lipinski definition) is 3. The van der Waals surface area contributed by atoms with Gasteiger partial charge in [0.15, 0.2) is 5.78 Å². The van der Waals surface area contributed by atoms with Crippen LogP contribution in [0.1, 0.15) is 15.9 Å². The maximum absolute atomic E-state index is 12.3. The van der Waals surface area contributed by atoms with Crippen LogP contribution in [-0.4, -0.2) is 17.5 Å². The standard InChI is InChI=1S/C16H12F2O3/c17-16(18)21-15-7-2-1-4-11(15)8-9-14(20)12-5-3-6-13(19)10-12/h1-10,16,19H. The number of rotatable bonds is 5. The number of para-hydroxylation sites is 1. The predicted octanol–water partition coefficient (Wildman–Crippen LogP) is 3.89. The molecule has 5 heteroatoms. The first-order valence-electron chi connectivity index (χ1n) is 6.11. The fourth-order valence-electron chi connectivity index (χ4n) is 1.74. The van der Waals surface area contributed by atoms with Crippen molar-refractivity contribution in [1.29, 1.82) is 0 Å². The van der Waals surface area contributed by atoms with Gasteiger partial charge in [-0.2, -0.15) is 8.78 Å². The zero-order valence-corrected chi connectivity index (χ0v) is 10.9. The third-order valence-corrected chi connectivity index (χ3v) is 2.68. The van der Waals surface area contributed by atoms with Crippen LogP contribution in [-0.2, 0) is 0 Å². The molecule has 0 aliphatic carbocycles. The molecule has 0 saturated carbocycles. The van der Waals surface area contributed by atoms with E-state index in [-0.39, 0.29) is 17.3 Å². The smallest absolute Gasteiger partial charge is 0.387 e. The molecule has 108 valence electrons. The lowest BCUT2D eigenvalue weighted by atomic mass is 10.1. The second kappa shape index (κ2) is 6.65. The lowest BCUT2D eigenvalue weighted by molar-refractivity contribution is -0.0499. The van der Waals surface area contributed by atoms with E-state index in [1.165, 1.54) is 30.4 Å². The molecule has 0 aromatic heterocycles. The molecule has 0 bridgehead atoms. The summed E-state index contributed by atoms with van der Waals surface area (Å²) in [4.78, 5) is 11.9. The summed E-state index contributed by atoms with van der Waals surface area (Å²) in [7, 11) is 0. The van der Waals surface area contributed by atoms with E-state index in [2.05, 4.69) is 4.74 Å². The number of halogens is 2. The number of ether oxygens (including phenoxy) is 1. The first kappa shape index (κ1) is 14.7. The number of allylic oxidation sites excluding steroid dienone is 1. The van der Waals surface area contributed by atoms with E-state index >= 15 is 0 Å². The molecule has 21 heavy (non-hydrogen) atoms. The highest BCUT2D eigenvalue weighted by Gasteiger charge is 2.08. The van der Waals surface area contributed by atoms with E-state index in [1.807, 2.05) is 0 Å². The Bertz CT molecular complexity index is 666. The number of alkyl halides is 2. The van der Waals surface area contributed by atoms with Crippen molar-refractivity contribution in [2.75, 3.05) is 0 Å². The van der Waals surface area contributed by atoms with Crippen molar-refractivity contribution in [3.8, 4) is 11.5 Å². The van der Waals surface area contributed by atoms with Gasteiger partial charge in [-0.1, -0.05) is 30.3 Å². The molecule has 0 radical (unpaired) electrons. The lowest BCUT2D eigenvalue weighted by Gasteiger charge is -2.07. The predicted molar refractivity (Wildman–Crippen MR) is 74.5 cm³/mol. The maximum Gasteiger partial charge on any atom is 0.387 e. The van der Waals surface area contributed by atoms with E-state index in [4.69, 9.17) is 0 Å². The van der Waals surface area contributed by atoms with Gasteiger partial charge < -0.3 is 9.84 Å². The molecule has 2 rings (SSSR count). The summed E-state index contributed by atoms with van der Waals surface area (Å²) in [5.41, 5.74) is 0.671. The van der Waals surface area contributed by atoms with Crippen LogP contribution in [0.5, 0.6) is 11.5 Å². The van der Waals surface area contributed by atoms with Crippen LogP contribution in [0, 0.1) is 0 Å². The number of ketones is 1. The number of carbonyl (C=O) groups excluding carboxylic acids is 1. The molecule has 0 amide bonds. The average molecular weight is 290 g/mol. The van der Waals surface area contributed by atoms with Crippen LogP contribution in [0.15, 0.2) is 54.6 Å². The number of benzene rings is 2. The third kappa shape index (κ3) is 4.14. The Kier molecular flexibility index (Phi) is 4.66. The Morgan fingerprint density at radius 3 is 2.62 bits per heavy atom. The van der Waals surface area contributed by atoms with Crippen molar-refractivity contribution in [2.24, 2.45) is 0 Å². The highest BCUT2D eigenvalue weighted by molar-refractivity contribution is 6.07. The molecule has 0 spiro atoms. The summed E-state index contributed by atoms with van der Waals surface area (Å²) in [5, 5.41) is 9.31.